The zero-order valence-electron chi connectivity index (χ0n) is 13.1. The van der Waals surface area contributed by atoms with Gasteiger partial charge in [0.2, 0.25) is 0 Å². The third kappa shape index (κ3) is 2.52. The van der Waals surface area contributed by atoms with E-state index in [1.807, 2.05) is 12.1 Å². The number of halogens is 3. The van der Waals surface area contributed by atoms with Crippen LogP contribution in [0, 0.1) is 17.5 Å². The van der Waals surface area contributed by atoms with E-state index in [-0.39, 0.29) is 11.0 Å². The molecule has 2 heterocycles. The summed E-state index contributed by atoms with van der Waals surface area (Å²) in [6.45, 7) is 2.04. The summed E-state index contributed by atoms with van der Waals surface area (Å²) in [5.74, 6) is -2.98. The summed E-state index contributed by atoms with van der Waals surface area (Å²) in [7, 11) is 0. The fourth-order valence-electron chi connectivity index (χ4n) is 4.03. The highest BCUT2D eigenvalue weighted by Gasteiger charge is 2.42. The maximum Gasteiger partial charge on any atom is 0.161 e. The Hall–Kier alpha value is -1.85. The molecule has 0 radical (unpaired) electrons. The molecule has 1 N–H and O–H groups in total. The fourth-order valence-corrected chi connectivity index (χ4v) is 4.03. The summed E-state index contributed by atoms with van der Waals surface area (Å²) in [6.07, 6.45) is 0.777. The number of benzene rings is 2. The van der Waals surface area contributed by atoms with Crippen molar-refractivity contribution in [1.29, 1.82) is 0 Å². The quantitative estimate of drug-likeness (QED) is 0.797. The zero-order chi connectivity index (χ0) is 16.7. The molecule has 4 rings (SSSR count). The zero-order valence-corrected chi connectivity index (χ0v) is 13.1. The molecule has 0 aromatic heterocycles. The summed E-state index contributed by atoms with van der Waals surface area (Å²) in [5, 5.41) is 3.43. The van der Waals surface area contributed by atoms with E-state index >= 15 is 0 Å². The van der Waals surface area contributed by atoms with Crippen LogP contribution in [0.15, 0.2) is 36.4 Å². The molecule has 2 aromatic rings. The highest BCUT2D eigenvalue weighted by Crippen LogP contribution is 2.45. The third-order valence-corrected chi connectivity index (χ3v) is 5.23. The highest BCUT2D eigenvalue weighted by molar-refractivity contribution is 5.38. The lowest BCUT2D eigenvalue weighted by Gasteiger charge is -2.45. The summed E-state index contributed by atoms with van der Waals surface area (Å²) in [6, 6.07) is 9.74. The molecule has 126 valence electrons. The number of nitrogens with one attached hydrogen (secondary N) is 1. The topological polar surface area (TPSA) is 21.3 Å². The van der Waals surface area contributed by atoms with Gasteiger partial charge in [0.25, 0.3) is 0 Å². The van der Waals surface area contributed by atoms with Gasteiger partial charge in [-0.15, -0.1) is 0 Å². The first-order valence-corrected chi connectivity index (χ1v) is 8.14. The molecular weight excluding hydrogens is 315 g/mol. The van der Waals surface area contributed by atoms with Crippen LogP contribution in [0.4, 0.5) is 13.2 Å². The van der Waals surface area contributed by atoms with Crippen LogP contribution in [-0.4, -0.2) is 13.2 Å². The molecule has 24 heavy (non-hydrogen) atoms. The summed E-state index contributed by atoms with van der Waals surface area (Å²) >= 11 is 0. The predicted molar refractivity (Wildman–Crippen MR) is 84.1 cm³/mol. The molecule has 0 amide bonds. The minimum atomic E-state index is -1.17. The molecular formula is C19H18F3NO. The molecule has 2 unspecified atom stereocenters. The Morgan fingerprint density at radius 2 is 1.83 bits per heavy atom. The van der Waals surface area contributed by atoms with Crippen LogP contribution >= 0.6 is 0 Å². The second kappa shape index (κ2) is 5.90. The predicted octanol–water partition coefficient (Wildman–Crippen LogP) is 4.00. The Morgan fingerprint density at radius 3 is 2.71 bits per heavy atom. The average molecular weight is 333 g/mol. The average Bonchev–Trinajstić information content (AvgIpc) is 2.59. The van der Waals surface area contributed by atoms with E-state index < -0.39 is 23.6 Å². The Morgan fingerprint density at radius 1 is 1.04 bits per heavy atom. The smallest absolute Gasteiger partial charge is 0.161 e. The van der Waals surface area contributed by atoms with Gasteiger partial charge in [-0.2, -0.15) is 0 Å². The van der Waals surface area contributed by atoms with E-state index in [9.17, 15) is 13.2 Å². The minimum Gasteiger partial charge on any atom is -0.373 e. The van der Waals surface area contributed by atoms with E-state index in [4.69, 9.17) is 4.74 Å². The number of rotatable bonds is 1. The SMILES string of the molecule is Fc1cc(F)c(C2CC3(CCO2)CNCc2ccccc23)cc1F. The largest absolute Gasteiger partial charge is 0.373 e. The number of hydrogen-bond donors (Lipinski definition) is 1. The molecule has 5 heteroatoms. The van der Waals surface area contributed by atoms with Crippen molar-refractivity contribution in [3.05, 3.63) is 70.5 Å². The first-order chi connectivity index (χ1) is 11.6. The van der Waals surface area contributed by atoms with Gasteiger partial charge in [-0.1, -0.05) is 24.3 Å². The molecule has 1 spiro atoms. The Kier molecular flexibility index (Phi) is 3.85. The van der Waals surface area contributed by atoms with E-state index in [2.05, 4.69) is 17.4 Å². The van der Waals surface area contributed by atoms with Gasteiger partial charge in [0.1, 0.15) is 5.82 Å². The fraction of sp³-hybridized carbons (Fsp3) is 0.368. The van der Waals surface area contributed by atoms with Crippen molar-refractivity contribution in [1.82, 2.24) is 5.32 Å². The summed E-state index contributed by atoms with van der Waals surface area (Å²) < 4.78 is 46.7. The van der Waals surface area contributed by atoms with Crippen LogP contribution in [0.2, 0.25) is 0 Å². The van der Waals surface area contributed by atoms with Gasteiger partial charge in [-0.25, -0.2) is 13.2 Å². The monoisotopic (exact) mass is 333 g/mol. The normalized spacial score (nSPS) is 26.4. The molecule has 2 aliphatic rings. The molecule has 0 bridgehead atoms. The molecule has 0 aliphatic carbocycles. The van der Waals surface area contributed by atoms with Crippen LogP contribution in [0.3, 0.4) is 0 Å². The molecule has 2 atom stereocenters. The standard InChI is InChI=1S/C19H18F3NO/c20-15-8-17(22)16(21)7-13(15)18-9-19(5-6-24-18)11-23-10-12-3-1-2-4-14(12)19/h1-4,7-8,18,23H,5-6,9-11H2. The van der Waals surface area contributed by atoms with Crippen molar-refractivity contribution < 1.29 is 17.9 Å². The Labute approximate surface area is 138 Å². The second-order valence-electron chi connectivity index (χ2n) is 6.64. The van der Waals surface area contributed by atoms with Crippen molar-refractivity contribution in [3.63, 3.8) is 0 Å². The first kappa shape index (κ1) is 15.7. The van der Waals surface area contributed by atoms with Gasteiger partial charge in [-0.05, 0) is 30.0 Å². The maximum absolute atomic E-state index is 14.2. The first-order valence-electron chi connectivity index (χ1n) is 8.14. The Bertz CT molecular complexity index is 779. The van der Waals surface area contributed by atoms with E-state index in [1.54, 1.807) is 0 Å². The molecule has 2 aromatic carbocycles. The number of fused-ring (bicyclic) bond motifs is 2. The van der Waals surface area contributed by atoms with Gasteiger partial charge >= 0.3 is 0 Å². The van der Waals surface area contributed by atoms with Gasteiger partial charge in [0.05, 0.1) is 6.10 Å². The van der Waals surface area contributed by atoms with Gasteiger partial charge in [-0.3, -0.25) is 0 Å². The lowest BCUT2D eigenvalue weighted by Crippen LogP contribution is -2.47. The molecule has 2 aliphatic heterocycles. The summed E-state index contributed by atoms with van der Waals surface area (Å²) in [5.41, 5.74) is 2.40. The number of hydrogen-bond acceptors (Lipinski definition) is 2. The van der Waals surface area contributed by atoms with Crippen molar-refractivity contribution >= 4 is 0 Å². The van der Waals surface area contributed by atoms with E-state index in [1.165, 1.54) is 11.1 Å². The van der Waals surface area contributed by atoms with Crippen LogP contribution in [-0.2, 0) is 16.7 Å². The van der Waals surface area contributed by atoms with Crippen LogP contribution in [0.1, 0.15) is 35.6 Å². The Balaban J connectivity index is 1.72. The second-order valence-corrected chi connectivity index (χ2v) is 6.64. The van der Waals surface area contributed by atoms with Crippen LogP contribution in [0.5, 0.6) is 0 Å². The maximum atomic E-state index is 14.2. The van der Waals surface area contributed by atoms with E-state index in [0.717, 1.165) is 25.6 Å². The third-order valence-electron chi connectivity index (χ3n) is 5.23. The van der Waals surface area contributed by atoms with Crippen LogP contribution in [0.25, 0.3) is 0 Å². The molecule has 0 saturated carbocycles. The molecule has 2 nitrogen and oxygen atoms in total. The minimum absolute atomic E-state index is 0.0935. The van der Waals surface area contributed by atoms with Crippen molar-refractivity contribution in [3.8, 4) is 0 Å². The summed E-state index contributed by atoms with van der Waals surface area (Å²) in [4.78, 5) is 0. The van der Waals surface area contributed by atoms with Gasteiger partial charge in [0.15, 0.2) is 11.6 Å². The van der Waals surface area contributed by atoms with Gasteiger partial charge < -0.3 is 10.1 Å². The molecule has 1 saturated heterocycles. The van der Waals surface area contributed by atoms with Crippen LogP contribution < -0.4 is 5.32 Å². The number of ether oxygens (including phenoxy) is 1. The van der Waals surface area contributed by atoms with Gasteiger partial charge in [0, 0.05) is 36.7 Å². The highest BCUT2D eigenvalue weighted by atomic mass is 19.2. The van der Waals surface area contributed by atoms with Crippen molar-refractivity contribution in [2.75, 3.05) is 13.2 Å². The molecule has 1 fully saturated rings. The lowest BCUT2D eigenvalue weighted by molar-refractivity contribution is -0.0266. The van der Waals surface area contributed by atoms with Crippen molar-refractivity contribution in [2.24, 2.45) is 0 Å². The van der Waals surface area contributed by atoms with E-state index in [0.29, 0.717) is 19.1 Å². The van der Waals surface area contributed by atoms with Crippen molar-refractivity contribution in [2.45, 2.75) is 30.9 Å². The lowest BCUT2D eigenvalue weighted by atomic mass is 9.68.